The van der Waals surface area contributed by atoms with E-state index in [-0.39, 0.29) is 36.8 Å². The highest BCUT2D eigenvalue weighted by molar-refractivity contribution is 6.05. The van der Waals surface area contributed by atoms with Crippen LogP contribution in [0.4, 0.5) is 4.79 Å². The number of ketones is 1. The topological polar surface area (TPSA) is 66.9 Å². The molecule has 1 atom stereocenters. The van der Waals surface area contributed by atoms with Crippen molar-refractivity contribution in [3.05, 3.63) is 0 Å². The Kier molecular flexibility index (Phi) is 4.01. The minimum absolute atomic E-state index is 0.000836. The first-order chi connectivity index (χ1) is 9.26. The molecule has 2 fully saturated rings. The molecule has 0 N–H and O–H groups in total. The Morgan fingerprint density at radius 2 is 2.05 bits per heavy atom. The van der Waals surface area contributed by atoms with Gasteiger partial charge in [-0.15, -0.1) is 0 Å². The number of amides is 2. The average molecular weight is 282 g/mol. The maximum atomic E-state index is 12.1. The van der Waals surface area contributed by atoms with Gasteiger partial charge in [0, 0.05) is 13.1 Å². The number of Topliss-reactive ketones (excluding diaryl/α,β-unsaturated/α-hetero) is 1. The van der Waals surface area contributed by atoms with Crippen LogP contribution in [0.2, 0.25) is 0 Å². The Bertz CT molecular complexity index is 427. The van der Waals surface area contributed by atoms with Gasteiger partial charge in [-0.2, -0.15) is 0 Å². The number of likely N-dealkylation sites (tertiary alicyclic amines) is 2. The molecule has 0 bridgehead atoms. The molecule has 6 heteroatoms. The first-order valence-corrected chi connectivity index (χ1v) is 7.05. The van der Waals surface area contributed by atoms with Gasteiger partial charge in [0.15, 0.2) is 5.78 Å². The average Bonchev–Trinajstić information content (AvgIpc) is 2.84. The van der Waals surface area contributed by atoms with Crippen molar-refractivity contribution < 1.29 is 19.1 Å². The SMILES string of the molecule is CC(C)(C)OC(=O)N1CCC[C@@H]1CN1CC(=O)CC1=O. The summed E-state index contributed by atoms with van der Waals surface area (Å²) in [5, 5.41) is 0. The summed E-state index contributed by atoms with van der Waals surface area (Å²) in [7, 11) is 0. The lowest BCUT2D eigenvalue weighted by Crippen LogP contribution is -2.45. The molecule has 112 valence electrons. The molecule has 0 aromatic heterocycles. The number of hydrogen-bond acceptors (Lipinski definition) is 4. The zero-order valence-electron chi connectivity index (χ0n) is 12.3. The zero-order valence-corrected chi connectivity index (χ0v) is 12.3. The Morgan fingerprint density at radius 3 is 2.60 bits per heavy atom. The van der Waals surface area contributed by atoms with Crippen LogP contribution in [0.25, 0.3) is 0 Å². The smallest absolute Gasteiger partial charge is 0.410 e. The van der Waals surface area contributed by atoms with Gasteiger partial charge in [0.05, 0.1) is 19.0 Å². The van der Waals surface area contributed by atoms with Gasteiger partial charge in [0.1, 0.15) is 5.60 Å². The summed E-state index contributed by atoms with van der Waals surface area (Å²) in [5.74, 6) is -0.178. The van der Waals surface area contributed by atoms with Gasteiger partial charge in [-0.1, -0.05) is 0 Å². The van der Waals surface area contributed by atoms with E-state index >= 15 is 0 Å². The largest absolute Gasteiger partial charge is 0.444 e. The minimum atomic E-state index is -0.524. The second-order valence-electron chi connectivity index (χ2n) is 6.46. The molecular formula is C14H22N2O4. The van der Waals surface area contributed by atoms with Gasteiger partial charge >= 0.3 is 6.09 Å². The van der Waals surface area contributed by atoms with E-state index in [0.717, 1.165) is 12.8 Å². The van der Waals surface area contributed by atoms with Gasteiger partial charge in [-0.25, -0.2) is 4.79 Å². The Labute approximate surface area is 119 Å². The van der Waals surface area contributed by atoms with Crippen molar-refractivity contribution in [2.75, 3.05) is 19.6 Å². The number of carbonyl (C=O) groups is 3. The maximum absolute atomic E-state index is 12.1. The molecular weight excluding hydrogens is 260 g/mol. The van der Waals surface area contributed by atoms with Crippen LogP contribution in [0.15, 0.2) is 0 Å². The fraction of sp³-hybridized carbons (Fsp3) is 0.786. The number of ether oxygens (including phenoxy) is 1. The first-order valence-electron chi connectivity index (χ1n) is 7.05. The molecule has 0 aromatic carbocycles. The summed E-state index contributed by atoms with van der Waals surface area (Å²) in [6.07, 6.45) is 1.41. The van der Waals surface area contributed by atoms with Crippen molar-refractivity contribution in [2.45, 2.75) is 51.7 Å². The summed E-state index contributed by atoms with van der Waals surface area (Å²) in [6.45, 7) is 6.76. The molecule has 2 amide bonds. The van der Waals surface area contributed by atoms with E-state index in [2.05, 4.69) is 0 Å². The van der Waals surface area contributed by atoms with E-state index in [1.54, 1.807) is 9.80 Å². The third-order valence-corrected chi connectivity index (χ3v) is 3.50. The lowest BCUT2D eigenvalue weighted by Gasteiger charge is -2.30. The lowest BCUT2D eigenvalue weighted by molar-refractivity contribution is -0.128. The fourth-order valence-corrected chi connectivity index (χ4v) is 2.64. The van der Waals surface area contributed by atoms with Crippen LogP contribution in [-0.4, -0.2) is 58.9 Å². The zero-order chi connectivity index (χ0) is 14.9. The van der Waals surface area contributed by atoms with Crippen LogP contribution in [0.5, 0.6) is 0 Å². The van der Waals surface area contributed by atoms with Crippen LogP contribution in [0, 0.1) is 0 Å². The Balaban J connectivity index is 1.95. The van der Waals surface area contributed by atoms with Crippen molar-refractivity contribution in [3.8, 4) is 0 Å². The van der Waals surface area contributed by atoms with Gasteiger partial charge in [0.2, 0.25) is 5.91 Å². The molecule has 0 spiro atoms. The fourth-order valence-electron chi connectivity index (χ4n) is 2.64. The molecule has 2 aliphatic rings. The number of rotatable bonds is 2. The second kappa shape index (κ2) is 5.42. The van der Waals surface area contributed by atoms with Crippen LogP contribution in [0.1, 0.15) is 40.0 Å². The Morgan fingerprint density at radius 1 is 1.35 bits per heavy atom. The third kappa shape index (κ3) is 3.49. The van der Waals surface area contributed by atoms with E-state index in [1.165, 1.54) is 0 Å². The van der Waals surface area contributed by atoms with E-state index in [0.29, 0.717) is 13.1 Å². The van der Waals surface area contributed by atoms with Gasteiger partial charge in [0.25, 0.3) is 0 Å². The molecule has 2 saturated heterocycles. The predicted molar refractivity (Wildman–Crippen MR) is 72.2 cm³/mol. The quantitative estimate of drug-likeness (QED) is 0.713. The highest BCUT2D eigenvalue weighted by atomic mass is 16.6. The van der Waals surface area contributed by atoms with E-state index in [1.807, 2.05) is 20.8 Å². The van der Waals surface area contributed by atoms with Crippen molar-refractivity contribution >= 4 is 17.8 Å². The molecule has 2 heterocycles. The second-order valence-corrected chi connectivity index (χ2v) is 6.46. The highest BCUT2D eigenvalue weighted by Crippen LogP contribution is 2.22. The number of hydrogen-bond donors (Lipinski definition) is 0. The predicted octanol–water partition coefficient (Wildman–Crippen LogP) is 1.19. The number of carbonyl (C=O) groups excluding carboxylic acids is 3. The summed E-state index contributed by atoms with van der Waals surface area (Å²) >= 11 is 0. The molecule has 0 unspecified atom stereocenters. The minimum Gasteiger partial charge on any atom is -0.444 e. The van der Waals surface area contributed by atoms with Crippen LogP contribution in [-0.2, 0) is 14.3 Å². The van der Waals surface area contributed by atoms with E-state index in [9.17, 15) is 14.4 Å². The van der Waals surface area contributed by atoms with Crippen molar-refractivity contribution in [1.82, 2.24) is 9.80 Å². The lowest BCUT2D eigenvalue weighted by atomic mass is 10.2. The summed E-state index contributed by atoms with van der Waals surface area (Å²) in [5.41, 5.74) is -0.524. The van der Waals surface area contributed by atoms with Crippen molar-refractivity contribution in [2.24, 2.45) is 0 Å². The van der Waals surface area contributed by atoms with Crippen molar-refractivity contribution in [1.29, 1.82) is 0 Å². The highest BCUT2D eigenvalue weighted by Gasteiger charge is 2.36. The van der Waals surface area contributed by atoms with Crippen LogP contribution >= 0.6 is 0 Å². The normalized spacial score (nSPS) is 23.6. The monoisotopic (exact) mass is 282 g/mol. The summed E-state index contributed by atoms with van der Waals surface area (Å²) in [4.78, 5) is 38.3. The van der Waals surface area contributed by atoms with Crippen LogP contribution < -0.4 is 0 Å². The third-order valence-electron chi connectivity index (χ3n) is 3.50. The number of nitrogens with zero attached hydrogens (tertiary/aromatic N) is 2. The van der Waals surface area contributed by atoms with Crippen molar-refractivity contribution in [3.63, 3.8) is 0 Å². The summed E-state index contributed by atoms with van der Waals surface area (Å²) in [6, 6.07) is -0.0419. The molecule has 0 aliphatic carbocycles. The first kappa shape index (κ1) is 14.8. The molecule has 2 rings (SSSR count). The van der Waals surface area contributed by atoms with Gasteiger partial charge in [-0.3, -0.25) is 9.59 Å². The summed E-state index contributed by atoms with van der Waals surface area (Å²) < 4.78 is 5.38. The maximum Gasteiger partial charge on any atom is 0.410 e. The Hall–Kier alpha value is -1.59. The van der Waals surface area contributed by atoms with E-state index < -0.39 is 5.60 Å². The van der Waals surface area contributed by atoms with E-state index in [4.69, 9.17) is 4.74 Å². The molecule has 0 radical (unpaired) electrons. The molecule has 0 saturated carbocycles. The van der Waals surface area contributed by atoms with Gasteiger partial charge in [-0.05, 0) is 33.6 Å². The standard InChI is InChI=1S/C14H22N2O4/c1-14(2,3)20-13(19)16-6-4-5-10(16)8-15-9-11(17)7-12(15)18/h10H,4-9H2,1-3H3/t10-/m1/s1. The molecule has 0 aromatic rings. The molecule has 20 heavy (non-hydrogen) atoms. The molecule has 2 aliphatic heterocycles. The van der Waals surface area contributed by atoms with Crippen LogP contribution in [0.3, 0.4) is 0 Å². The molecule has 6 nitrogen and oxygen atoms in total. The van der Waals surface area contributed by atoms with Gasteiger partial charge < -0.3 is 14.5 Å².